The maximum absolute atomic E-state index is 13.6. The molecule has 1 amide bonds. The molecule has 1 N–H and O–H groups in total. The molecule has 0 radical (unpaired) electrons. The summed E-state index contributed by atoms with van der Waals surface area (Å²) in [7, 11) is 0. The van der Waals surface area contributed by atoms with Crippen LogP contribution in [0.25, 0.3) is 0 Å². The van der Waals surface area contributed by atoms with E-state index in [1.54, 1.807) is 13.0 Å². The minimum Gasteiger partial charge on any atom is -0.345 e. The zero-order chi connectivity index (χ0) is 14.9. The van der Waals surface area contributed by atoms with Crippen LogP contribution in [0.15, 0.2) is 28.1 Å². The van der Waals surface area contributed by atoms with Gasteiger partial charge in [0.15, 0.2) is 0 Å². The third-order valence-corrected chi connectivity index (χ3v) is 4.99. The molecule has 2 nitrogen and oxygen atoms in total. The molecule has 1 aromatic heterocycles. The van der Waals surface area contributed by atoms with Crippen molar-refractivity contribution in [2.24, 2.45) is 0 Å². The standard InChI is InChI=1S/C14H12BrF2NOS/c1-7-5-12(20-13(7)15)14(19)18-8(2)10-6-9(16)3-4-11(10)17/h3-6,8H,1-2H3,(H,18,19). The first-order chi connectivity index (χ1) is 9.38. The Balaban J connectivity index is 2.17. The van der Waals surface area contributed by atoms with Gasteiger partial charge in [-0.05, 0) is 59.6 Å². The summed E-state index contributed by atoms with van der Waals surface area (Å²) in [5.41, 5.74) is 1.09. The van der Waals surface area contributed by atoms with Crippen LogP contribution in [0.2, 0.25) is 0 Å². The van der Waals surface area contributed by atoms with Gasteiger partial charge in [-0.25, -0.2) is 8.78 Å². The normalized spacial score (nSPS) is 12.2. The molecule has 2 aromatic rings. The number of benzene rings is 1. The molecule has 1 heterocycles. The molecule has 0 bridgehead atoms. The monoisotopic (exact) mass is 359 g/mol. The molecule has 106 valence electrons. The Morgan fingerprint density at radius 2 is 2.05 bits per heavy atom. The van der Waals surface area contributed by atoms with Crippen LogP contribution in [-0.2, 0) is 0 Å². The molecule has 0 saturated carbocycles. The third-order valence-electron chi connectivity index (χ3n) is 2.85. The summed E-state index contributed by atoms with van der Waals surface area (Å²) >= 11 is 4.65. The van der Waals surface area contributed by atoms with Gasteiger partial charge in [-0.15, -0.1) is 11.3 Å². The predicted octanol–water partition coefficient (Wildman–Crippen LogP) is 4.59. The van der Waals surface area contributed by atoms with Crippen molar-refractivity contribution in [3.8, 4) is 0 Å². The average Bonchev–Trinajstić information content (AvgIpc) is 2.72. The molecule has 2 rings (SSSR count). The van der Waals surface area contributed by atoms with E-state index in [0.29, 0.717) is 4.88 Å². The number of rotatable bonds is 3. The van der Waals surface area contributed by atoms with Crippen molar-refractivity contribution in [1.29, 1.82) is 0 Å². The van der Waals surface area contributed by atoms with Crippen LogP contribution in [-0.4, -0.2) is 5.91 Å². The number of aryl methyl sites for hydroxylation is 1. The molecule has 1 atom stereocenters. The Hall–Kier alpha value is -1.27. The molecule has 0 spiro atoms. The van der Waals surface area contributed by atoms with Gasteiger partial charge in [0.2, 0.25) is 0 Å². The SMILES string of the molecule is Cc1cc(C(=O)NC(C)c2cc(F)ccc2F)sc1Br. The fourth-order valence-electron chi connectivity index (χ4n) is 1.76. The maximum atomic E-state index is 13.6. The van der Waals surface area contributed by atoms with Crippen molar-refractivity contribution in [3.05, 3.63) is 55.7 Å². The summed E-state index contributed by atoms with van der Waals surface area (Å²) in [4.78, 5) is 12.6. The van der Waals surface area contributed by atoms with E-state index in [1.165, 1.54) is 11.3 Å². The summed E-state index contributed by atoms with van der Waals surface area (Å²) in [6, 6.07) is 4.33. The number of carbonyl (C=O) groups is 1. The van der Waals surface area contributed by atoms with E-state index in [4.69, 9.17) is 0 Å². The summed E-state index contributed by atoms with van der Waals surface area (Å²) in [5, 5.41) is 2.67. The van der Waals surface area contributed by atoms with Crippen molar-refractivity contribution >= 4 is 33.2 Å². The molecular formula is C14H12BrF2NOS. The lowest BCUT2D eigenvalue weighted by Gasteiger charge is -2.14. The third kappa shape index (κ3) is 3.24. The number of nitrogens with one attached hydrogen (secondary N) is 1. The van der Waals surface area contributed by atoms with Crippen molar-refractivity contribution in [1.82, 2.24) is 5.32 Å². The molecule has 0 aliphatic carbocycles. The van der Waals surface area contributed by atoms with Crippen LogP contribution in [0, 0.1) is 18.6 Å². The molecule has 1 aromatic carbocycles. The van der Waals surface area contributed by atoms with Crippen molar-refractivity contribution in [2.45, 2.75) is 19.9 Å². The molecule has 0 aliphatic heterocycles. The van der Waals surface area contributed by atoms with E-state index in [0.717, 1.165) is 27.5 Å². The Morgan fingerprint density at radius 3 is 2.65 bits per heavy atom. The van der Waals surface area contributed by atoms with Gasteiger partial charge in [0.25, 0.3) is 5.91 Å². The Morgan fingerprint density at radius 1 is 1.35 bits per heavy atom. The zero-order valence-corrected chi connectivity index (χ0v) is 13.2. The Kier molecular flexibility index (Phi) is 4.55. The van der Waals surface area contributed by atoms with Gasteiger partial charge >= 0.3 is 0 Å². The minimum absolute atomic E-state index is 0.130. The Bertz CT molecular complexity index is 637. The molecule has 0 fully saturated rings. The molecule has 6 heteroatoms. The largest absolute Gasteiger partial charge is 0.345 e. The number of carbonyl (C=O) groups excluding carboxylic acids is 1. The molecule has 0 aliphatic rings. The first-order valence-corrected chi connectivity index (χ1v) is 7.51. The van der Waals surface area contributed by atoms with Gasteiger partial charge in [0.1, 0.15) is 11.6 Å². The topological polar surface area (TPSA) is 29.1 Å². The van der Waals surface area contributed by atoms with Crippen LogP contribution in [0.1, 0.15) is 33.8 Å². The number of thiophene rings is 1. The second kappa shape index (κ2) is 6.01. The number of halogens is 3. The van der Waals surface area contributed by atoms with Gasteiger partial charge in [-0.2, -0.15) is 0 Å². The van der Waals surface area contributed by atoms with E-state index in [-0.39, 0.29) is 11.5 Å². The summed E-state index contributed by atoms with van der Waals surface area (Å²) in [5.74, 6) is -1.38. The number of amides is 1. The quantitative estimate of drug-likeness (QED) is 0.853. The lowest BCUT2D eigenvalue weighted by Crippen LogP contribution is -2.26. The van der Waals surface area contributed by atoms with Gasteiger partial charge in [-0.1, -0.05) is 0 Å². The van der Waals surface area contributed by atoms with Gasteiger partial charge in [-0.3, -0.25) is 4.79 Å². The fraction of sp³-hybridized carbons (Fsp3) is 0.214. The highest BCUT2D eigenvalue weighted by atomic mass is 79.9. The number of hydrogen-bond donors (Lipinski definition) is 1. The van der Waals surface area contributed by atoms with Crippen LogP contribution in [0.5, 0.6) is 0 Å². The first-order valence-electron chi connectivity index (χ1n) is 5.90. The van der Waals surface area contributed by atoms with Crippen LogP contribution in [0.3, 0.4) is 0 Å². The summed E-state index contributed by atoms with van der Waals surface area (Å²) in [6.45, 7) is 3.50. The highest BCUT2D eigenvalue weighted by Crippen LogP contribution is 2.28. The van der Waals surface area contributed by atoms with Crippen molar-refractivity contribution < 1.29 is 13.6 Å². The molecule has 0 saturated heterocycles. The van der Waals surface area contributed by atoms with Crippen molar-refractivity contribution in [3.63, 3.8) is 0 Å². The highest BCUT2D eigenvalue weighted by molar-refractivity contribution is 9.11. The van der Waals surface area contributed by atoms with E-state index < -0.39 is 17.7 Å². The van der Waals surface area contributed by atoms with Crippen LogP contribution in [0.4, 0.5) is 8.78 Å². The summed E-state index contributed by atoms with van der Waals surface area (Å²) < 4.78 is 27.6. The predicted molar refractivity (Wildman–Crippen MR) is 79.0 cm³/mol. The van der Waals surface area contributed by atoms with E-state index in [2.05, 4.69) is 21.2 Å². The maximum Gasteiger partial charge on any atom is 0.261 e. The van der Waals surface area contributed by atoms with Crippen LogP contribution < -0.4 is 5.32 Å². The van der Waals surface area contributed by atoms with E-state index in [9.17, 15) is 13.6 Å². The number of hydrogen-bond acceptors (Lipinski definition) is 2. The van der Waals surface area contributed by atoms with E-state index >= 15 is 0 Å². The zero-order valence-electron chi connectivity index (χ0n) is 10.8. The van der Waals surface area contributed by atoms with E-state index in [1.807, 2.05) is 6.92 Å². The molecule has 1 unspecified atom stereocenters. The molecular weight excluding hydrogens is 348 g/mol. The summed E-state index contributed by atoms with van der Waals surface area (Å²) in [6.07, 6.45) is 0. The Labute approximate surface area is 127 Å². The second-order valence-electron chi connectivity index (χ2n) is 4.43. The smallest absolute Gasteiger partial charge is 0.261 e. The van der Waals surface area contributed by atoms with Gasteiger partial charge in [0, 0.05) is 5.56 Å². The first kappa shape index (κ1) is 15.1. The molecule has 20 heavy (non-hydrogen) atoms. The van der Waals surface area contributed by atoms with Crippen molar-refractivity contribution in [2.75, 3.05) is 0 Å². The minimum atomic E-state index is -0.612. The fourth-order valence-corrected chi connectivity index (χ4v) is 3.20. The lowest BCUT2D eigenvalue weighted by molar-refractivity contribution is 0.0943. The highest BCUT2D eigenvalue weighted by Gasteiger charge is 2.17. The second-order valence-corrected chi connectivity index (χ2v) is 6.80. The van der Waals surface area contributed by atoms with Crippen LogP contribution >= 0.6 is 27.3 Å². The van der Waals surface area contributed by atoms with Gasteiger partial charge in [0.05, 0.1) is 14.7 Å². The van der Waals surface area contributed by atoms with Gasteiger partial charge < -0.3 is 5.32 Å². The average molecular weight is 360 g/mol. The lowest BCUT2D eigenvalue weighted by atomic mass is 10.1.